The number of benzene rings is 3. The van der Waals surface area contributed by atoms with Crippen molar-refractivity contribution in [3.63, 3.8) is 0 Å². The van der Waals surface area contributed by atoms with Crippen LogP contribution in [0.15, 0.2) is 66.7 Å². The Balaban J connectivity index is 1.79. The smallest absolute Gasteiger partial charge is 0.283 e. The van der Waals surface area contributed by atoms with Gasteiger partial charge in [0.2, 0.25) is 0 Å². The molecule has 3 aromatic carbocycles. The number of nitrogens with one attached hydrogen (secondary N) is 2. The summed E-state index contributed by atoms with van der Waals surface area (Å²) in [6.07, 6.45) is 0. The number of nitro groups is 1. The average molecular weight is 414 g/mol. The van der Waals surface area contributed by atoms with Crippen molar-refractivity contribution >= 4 is 40.5 Å². The summed E-state index contributed by atoms with van der Waals surface area (Å²) < 4.78 is 13.2. The van der Waals surface area contributed by atoms with Gasteiger partial charge in [-0.05, 0) is 48.5 Å². The van der Waals surface area contributed by atoms with Crippen LogP contribution in [-0.2, 0) is 0 Å². The molecule has 0 heterocycles. The third kappa shape index (κ3) is 4.94. The highest BCUT2D eigenvalue weighted by Crippen LogP contribution is 2.24. The average Bonchev–Trinajstić information content (AvgIpc) is 2.68. The van der Waals surface area contributed by atoms with E-state index in [1.165, 1.54) is 60.7 Å². The summed E-state index contributed by atoms with van der Waals surface area (Å²) in [5.74, 6) is -1.73. The Morgan fingerprint density at radius 2 is 1.55 bits per heavy atom. The van der Waals surface area contributed by atoms with E-state index in [0.717, 1.165) is 6.07 Å². The highest BCUT2D eigenvalue weighted by Gasteiger charge is 2.21. The van der Waals surface area contributed by atoms with Crippen LogP contribution in [0.2, 0.25) is 5.02 Å². The second-order valence-corrected chi connectivity index (χ2v) is 6.35. The van der Waals surface area contributed by atoms with Crippen molar-refractivity contribution in [3.8, 4) is 0 Å². The topological polar surface area (TPSA) is 101 Å². The zero-order chi connectivity index (χ0) is 21.0. The fourth-order valence-electron chi connectivity index (χ4n) is 2.55. The minimum atomic E-state index is -0.726. The van der Waals surface area contributed by atoms with Gasteiger partial charge in [-0.2, -0.15) is 0 Å². The van der Waals surface area contributed by atoms with Crippen molar-refractivity contribution in [1.29, 1.82) is 0 Å². The zero-order valence-corrected chi connectivity index (χ0v) is 15.4. The van der Waals surface area contributed by atoms with Crippen LogP contribution >= 0.6 is 11.6 Å². The van der Waals surface area contributed by atoms with E-state index in [2.05, 4.69) is 10.6 Å². The van der Waals surface area contributed by atoms with Gasteiger partial charge in [0.15, 0.2) is 0 Å². The molecule has 0 saturated heterocycles. The summed E-state index contributed by atoms with van der Waals surface area (Å²) in [5.41, 5.74) is 0.133. The number of amides is 2. The maximum absolute atomic E-state index is 13.2. The van der Waals surface area contributed by atoms with Crippen LogP contribution in [-0.4, -0.2) is 16.7 Å². The molecule has 0 aliphatic rings. The molecule has 3 rings (SSSR count). The number of hydrogen-bond acceptors (Lipinski definition) is 4. The first-order valence-corrected chi connectivity index (χ1v) is 8.63. The van der Waals surface area contributed by atoms with E-state index in [1.54, 1.807) is 0 Å². The Morgan fingerprint density at radius 3 is 2.24 bits per heavy atom. The van der Waals surface area contributed by atoms with Crippen LogP contribution in [0.1, 0.15) is 20.7 Å². The molecule has 9 heteroatoms. The number of rotatable bonds is 5. The maximum Gasteiger partial charge on any atom is 0.283 e. The number of nitro benzene ring substituents is 1. The first kappa shape index (κ1) is 20.0. The number of nitrogens with zero attached hydrogens (tertiary/aromatic N) is 1. The van der Waals surface area contributed by atoms with Crippen molar-refractivity contribution in [3.05, 3.63) is 98.8 Å². The molecule has 7 nitrogen and oxygen atoms in total. The first-order chi connectivity index (χ1) is 13.8. The van der Waals surface area contributed by atoms with Gasteiger partial charge in [-0.3, -0.25) is 19.7 Å². The predicted octanol–water partition coefficient (Wildman–Crippen LogP) is 4.89. The molecule has 0 bridgehead atoms. The molecule has 0 fully saturated rings. The van der Waals surface area contributed by atoms with E-state index in [0.29, 0.717) is 0 Å². The van der Waals surface area contributed by atoms with Crippen molar-refractivity contribution in [2.24, 2.45) is 0 Å². The van der Waals surface area contributed by atoms with E-state index >= 15 is 0 Å². The number of carbonyl (C=O) groups is 2. The lowest BCUT2D eigenvalue weighted by Crippen LogP contribution is -2.15. The van der Waals surface area contributed by atoms with Crippen LogP contribution in [0, 0.1) is 15.9 Å². The van der Waals surface area contributed by atoms with Gasteiger partial charge in [0.1, 0.15) is 11.4 Å². The molecule has 146 valence electrons. The summed E-state index contributed by atoms with van der Waals surface area (Å²) in [5, 5.41) is 16.3. The monoisotopic (exact) mass is 413 g/mol. The molecule has 0 unspecified atom stereocenters. The molecule has 2 amide bonds. The quantitative estimate of drug-likeness (QED) is 0.459. The van der Waals surface area contributed by atoms with Gasteiger partial charge in [-0.25, -0.2) is 4.39 Å². The number of anilines is 2. The molecule has 0 aliphatic heterocycles. The number of carbonyl (C=O) groups excluding carboxylic acids is 2. The predicted molar refractivity (Wildman–Crippen MR) is 107 cm³/mol. The number of halogens is 2. The molecular formula is C20H13ClFN3O4. The van der Waals surface area contributed by atoms with Gasteiger partial charge in [-0.1, -0.05) is 23.7 Å². The van der Waals surface area contributed by atoms with E-state index in [-0.39, 0.29) is 27.5 Å². The lowest BCUT2D eigenvalue weighted by atomic mass is 10.1. The highest BCUT2D eigenvalue weighted by molar-refractivity contribution is 6.31. The van der Waals surface area contributed by atoms with Crippen LogP contribution in [0.5, 0.6) is 0 Å². The molecule has 2 N–H and O–H groups in total. The maximum atomic E-state index is 13.2. The Bertz CT molecular complexity index is 1120. The van der Waals surface area contributed by atoms with Gasteiger partial charge in [0, 0.05) is 28.0 Å². The lowest BCUT2D eigenvalue weighted by Gasteiger charge is -2.09. The lowest BCUT2D eigenvalue weighted by molar-refractivity contribution is -0.385. The summed E-state index contributed by atoms with van der Waals surface area (Å²) >= 11 is 5.75. The van der Waals surface area contributed by atoms with Gasteiger partial charge < -0.3 is 10.6 Å². The summed E-state index contributed by atoms with van der Waals surface area (Å²) in [6, 6.07) is 15.1. The van der Waals surface area contributed by atoms with Gasteiger partial charge in [0.05, 0.1) is 4.92 Å². The van der Waals surface area contributed by atoms with E-state index in [1.807, 2.05) is 0 Å². The SMILES string of the molecule is O=C(Nc1cccc(F)c1)c1cccc(NC(=O)c2ccc(Cl)cc2[N+](=O)[O-])c1. The van der Waals surface area contributed by atoms with Crippen LogP contribution in [0.25, 0.3) is 0 Å². The molecular weight excluding hydrogens is 401 g/mol. The second-order valence-electron chi connectivity index (χ2n) is 5.92. The standard InChI is InChI=1S/C20H13ClFN3O4/c21-13-7-8-17(18(10-13)25(28)29)20(27)24-15-5-1-3-12(9-15)19(26)23-16-6-2-4-14(22)11-16/h1-11H,(H,23,26)(H,24,27). The molecule has 0 spiro atoms. The minimum Gasteiger partial charge on any atom is -0.322 e. The zero-order valence-electron chi connectivity index (χ0n) is 14.7. The molecule has 3 aromatic rings. The minimum absolute atomic E-state index is 0.129. The largest absolute Gasteiger partial charge is 0.322 e. The molecule has 0 aliphatic carbocycles. The Hall–Kier alpha value is -3.78. The molecule has 0 saturated carbocycles. The fourth-order valence-corrected chi connectivity index (χ4v) is 2.72. The summed E-state index contributed by atoms with van der Waals surface area (Å²) in [6.45, 7) is 0. The van der Waals surface area contributed by atoms with E-state index < -0.39 is 28.2 Å². The molecule has 0 aromatic heterocycles. The van der Waals surface area contributed by atoms with Gasteiger partial charge >= 0.3 is 0 Å². The third-order valence-electron chi connectivity index (χ3n) is 3.87. The normalized spacial score (nSPS) is 10.3. The number of hydrogen-bond donors (Lipinski definition) is 2. The van der Waals surface area contributed by atoms with Crippen molar-refractivity contribution in [2.45, 2.75) is 0 Å². The van der Waals surface area contributed by atoms with Crippen molar-refractivity contribution in [1.82, 2.24) is 0 Å². The highest BCUT2D eigenvalue weighted by atomic mass is 35.5. The fraction of sp³-hybridized carbons (Fsp3) is 0. The van der Waals surface area contributed by atoms with Gasteiger partial charge in [0.25, 0.3) is 17.5 Å². The van der Waals surface area contributed by atoms with E-state index in [9.17, 15) is 24.1 Å². The van der Waals surface area contributed by atoms with Crippen molar-refractivity contribution in [2.75, 3.05) is 10.6 Å². The van der Waals surface area contributed by atoms with Crippen molar-refractivity contribution < 1.29 is 18.9 Å². The first-order valence-electron chi connectivity index (χ1n) is 8.26. The van der Waals surface area contributed by atoms with Gasteiger partial charge in [-0.15, -0.1) is 0 Å². The van der Waals surface area contributed by atoms with E-state index in [4.69, 9.17) is 11.6 Å². The molecule has 29 heavy (non-hydrogen) atoms. The Labute approximate surface area is 169 Å². The summed E-state index contributed by atoms with van der Waals surface area (Å²) in [4.78, 5) is 35.3. The van der Waals surface area contributed by atoms with Crippen LogP contribution in [0.3, 0.4) is 0 Å². The second kappa shape index (κ2) is 8.49. The summed E-state index contributed by atoms with van der Waals surface area (Å²) in [7, 11) is 0. The molecule has 0 radical (unpaired) electrons. The Morgan fingerprint density at radius 1 is 0.897 bits per heavy atom. The molecule has 0 atom stereocenters. The van der Waals surface area contributed by atoms with Crippen LogP contribution < -0.4 is 10.6 Å². The third-order valence-corrected chi connectivity index (χ3v) is 4.10. The van der Waals surface area contributed by atoms with Crippen LogP contribution in [0.4, 0.5) is 21.5 Å². The Kier molecular flexibility index (Phi) is 5.85.